The van der Waals surface area contributed by atoms with Gasteiger partial charge in [-0.2, -0.15) is 4.31 Å². The maximum absolute atomic E-state index is 13.8. The van der Waals surface area contributed by atoms with E-state index in [1.807, 2.05) is 24.3 Å². The fraction of sp³-hybridized carbons (Fsp3) is 0.222. The van der Waals surface area contributed by atoms with Crippen LogP contribution in [0.5, 0.6) is 0 Å². The first kappa shape index (κ1) is 24.4. The summed E-state index contributed by atoms with van der Waals surface area (Å²) in [6, 6.07) is 19.0. The highest BCUT2D eigenvalue weighted by Gasteiger charge is 2.44. The average Bonchev–Trinajstić information content (AvgIpc) is 3.51. The molecule has 1 fully saturated rings. The van der Waals surface area contributed by atoms with Gasteiger partial charge in [0, 0.05) is 37.0 Å². The molecule has 2 aliphatic heterocycles. The maximum Gasteiger partial charge on any atom is 0.273 e. The molecule has 1 amide bonds. The molecule has 4 aromatic rings. The molecule has 0 unspecified atom stereocenters. The molecule has 8 nitrogen and oxygen atoms in total. The number of amides is 1. The third-order valence-electron chi connectivity index (χ3n) is 6.99. The lowest BCUT2D eigenvalue weighted by Crippen LogP contribution is -2.31. The number of aromatic nitrogens is 2. The smallest absolute Gasteiger partial charge is 0.273 e. The van der Waals surface area contributed by atoms with E-state index >= 15 is 0 Å². The number of hydrogen-bond donors (Lipinski definition) is 1. The number of anilines is 1. The first-order valence-corrected chi connectivity index (χ1v) is 13.5. The van der Waals surface area contributed by atoms with E-state index < -0.39 is 28.9 Å². The second kappa shape index (κ2) is 8.81. The lowest BCUT2D eigenvalue weighted by molar-refractivity contribution is 0.0183. The number of rotatable bonds is 4. The molecule has 1 saturated heterocycles. The molecule has 1 aromatic heterocycles. The lowest BCUT2D eigenvalue weighted by Gasteiger charge is -2.19. The zero-order valence-electron chi connectivity index (χ0n) is 20.1. The van der Waals surface area contributed by atoms with Crippen molar-refractivity contribution in [1.29, 1.82) is 0 Å². The standard InChI is InChI=1S/C27H23F2N5O3S/c28-27(29)11-12-34(16-27)38(36,37)23-8-4-3-7-20(23)17-9-10-22-21(13-17)24(32-26(30)31-22)25(35)33-14-18-5-1-2-6-19(18)15-33/h1-10,13H,11-12,14-16H2,(H2,30,31,32). The van der Waals surface area contributed by atoms with Crippen molar-refractivity contribution in [3.8, 4) is 11.1 Å². The summed E-state index contributed by atoms with van der Waals surface area (Å²) in [6.45, 7) is -0.250. The van der Waals surface area contributed by atoms with Crippen LogP contribution in [0.3, 0.4) is 0 Å². The van der Waals surface area contributed by atoms with E-state index in [0.29, 0.717) is 35.1 Å². The van der Waals surface area contributed by atoms with Crippen molar-refractivity contribution < 1.29 is 22.0 Å². The summed E-state index contributed by atoms with van der Waals surface area (Å²) in [7, 11) is -4.19. The first-order valence-electron chi connectivity index (χ1n) is 12.0. The SMILES string of the molecule is Nc1nc(C(=O)N2Cc3ccccc3C2)c2cc(-c3ccccc3S(=O)(=O)N3CCC(F)(F)C3)ccc2n1. The van der Waals surface area contributed by atoms with E-state index in [-0.39, 0.29) is 29.0 Å². The van der Waals surface area contributed by atoms with Crippen molar-refractivity contribution in [2.75, 3.05) is 18.8 Å². The van der Waals surface area contributed by atoms with Crippen molar-refractivity contribution in [2.45, 2.75) is 30.3 Å². The van der Waals surface area contributed by atoms with Gasteiger partial charge in [0.1, 0.15) is 5.69 Å². The van der Waals surface area contributed by atoms with Gasteiger partial charge in [-0.15, -0.1) is 0 Å². The van der Waals surface area contributed by atoms with Gasteiger partial charge in [-0.1, -0.05) is 48.5 Å². The number of alkyl halides is 2. The average molecular weight is 536 g/mol. The fourth-order valence-electron chi connectivity index (χ4n) is 5.08. The Kier molecular flexibility index (Phi) is 5.65. The number of halogens is 2. The van der Waals surface area contributed by atoms with Crippen LogP contribution < -0.4 is 5.73 Å². The Bertz CT molecular complexity index is 1690. The van der Waals surface area contributed by atoms with E-state index in [0.717, 1.165) is 15.4 Å². The number of carbonyl (C=O) groups excluding carboxylic acids is 1. The molecule has 6 rings (SSSR count). The van der Waals surface area contributed by atoms with E-state index in [1.54, 1.807) is 41.3 Å². The van der Waals surface area contributed by atoms with E-state index in [2.05, 4.69) is 9.97 Å². The van der Waals surface area contributed by atoms with Gasteiger partial charge in [-0.25, -0.2) is 27.2 Å². The largest absolute Gasteiger partial charge is 0.368 e. The predicted molar refractivity (Wildman–Crippen MR) is 138 cm³/mol. The van der Waals surface area contributed by atoms with E-state index in [1.165, 1.54) is 6.07 Å². The number of benzene rings is 3. The molecule has 0 aliphatic carbocycles. The first-order chi connectivity index (χ1) is 18.1. The Labute approximate surface area is 217 Å². The predicted octanol–water partition coefficient (Wildman–Crippen LogP) is 4.06. The second-order valence-electron chi connectivity index (χ2n) is 9.53. The highest BCUT2D eigenvalue weighted by molar-refractivity contribution is 7.89. The number of carbonyl (C=O) groups is 1. The fourth-order valence-corrected chi connectivity index (χ4v) is 6.77. The molecule has 0 saturated carbocycles. The molecule has 0 bridgehead atoms. The molecule has 0 radical (unpaired) electrons. The van der Waals surface area contributed by atoms with Gasteiger partial charge in [-0.3, -0.25) is 4.79 Å². The van der Waals surface area contributed by atoms with Crippen LogP contribution in [0.25, 0.3) is 22.0 Å². The van der Waals surface area contributed by atoms with Crippen molar-refractivity contribution in [3.05, 3.63) is 83.6 Å². The molecule has 2 N–H and O–H groups in total. The molecule has 3 aromatic carbocycles. The summed E-state index contributed by atoms with van der Waals surface area (Å²) >= 11 is 0. The van der Waals surface area contributed by atoms with Crippen LogP contribution in [-0.2, 0) is 23.1 Å². The summed E-state index contributed by atoms with van der Waals surface area (Å²) in [6.07, 6.45) is -0.519. The van der Waals surface area contributed by atoms with Gasteiger partial charge in [0.05, 0.1) is 17.0 Å². The van der Waals surface area contributed by atoms with Gasteiger partial charge in [-0.05, 0) is 34.9 Å². The third kappa shape index (κ3) is 4.17. The summed E-state index contributed by atoms with van der Waals surface area (Å²) in [4.78, 5) is 23.7. The number of fused-ring (bicyclic) bond motifs is 2. The minimum atomic E-state index is -4.19. The van der Waals surface area contributed by atoms with Crippen molar-refractivity contribution in [2.24, 2.45) is 0 Å². The molecule has 0 spiro atoms. The van der Waals surface area contributed by atoms with Crippen molar-refractivity contribution >= 4 is 32.8 Å². The van der Waals surface area contributed by atoms with Gasteiger partial charge < -0.3 is 10.6 Å². The van der Waals surface area contributed by atoms with Gasteiger partial charge in [0.15, 0.2) is 0 Å². The van der Waals surface area contributed by atoms with Crippen LogP contribution in [0.1, 0.15) is 28.0 Å². The monoisotopic (exact) mass is 535 g/mol. The zero-order valence-corrected chi connectivity index (χ0v) is 21.0. The van der Waals surface area contributed by atoms with Crippen LogP contribution in [0, 0.1) is 0 Å². The van der Waals surface area contributed by atoms with Crippen LogP contribution in [0.15, 0.2) is 71.6 Å². The Morgan fingerprint density at radius 1 is 0.947 bits per heavy atom. The molecule has 3 heterocycles. The topological polar surface area (TPSA) is 109 Å². The third-order valence-corrected chi connectivity index (χ3v) is 8.90. The molecule has 0 atom stereocenters. The quantitative estimate of drug-likeness (QED) is 0.422. The number of nitrogens with two attached hydrogens (primary N) is 1. The molecule has 2 aliphatic rings. The summed E-state index contributed by atoms with van der Waals surface area (Å²) in [5.41, 5.74) is 9.39. The van der Waals surface area contributed by atoms with Crippen molar-refractivity contribution in [3.63, 3.8) is 0 Å². The number of nitrogen functional groups attached to an aromatic ring is 1. The van der Waals surface area contributed by atoms with Crippen molar-refractivity contribution in [1.82, 2.24) is 19.2 Å². The Hall–Kier alpha value is -3.96. The number of hydrogen-bond acceptors (Lipinski definition) is 6. The molecule has 38 heavy (non-hydrogen) atoms. The highest BCUT2D eigenvalue weighted by atomic mass is 32.2. The minimum absolute atomic E-state index is 0.0525. The molecular weight excluding hydrogens is 512 g/mol. The van der Waals surface area contributed by atoms with Crippen LogP contribution in [0.2, 0.25) is 0 Å². The lowest BCUT2D eigenvalue weighted by atomic mass is 10.0. The van der Waals surface area contributed by atoms with Gasteiger partial charge in [0.2, 0.25) is 16.0 Å². The maximum atomic E-state index is 13.8. The van der Waals surface area contributed by atoms with Gasteiger partial charge >= 0.3 is 0 Å². The Balaban J connectivity index is 1.42. The Morgan fingerprint density at radius 3 is 2.32 bits per heavy atom. The summed E-state index contributed by atoms with van der Waals surface area (Å²) < 4.78 is 55.2. The Morgan fingerprint density at radius 2 is 1.63 bits per heavy atom. The normalized spacial score (nSPS) is 17.2. The van der Waals surface area contributed by atoms with Crippen LogP contribution >= 0.6 is 0 Å². The molecule has 11 heteroatoms. The zero-order chi connectivity index (χ0) is 26.7. The van der Waals surface area contributed by atoms with E-state index in [4.69, 9.17) is 5.73 Å². The number of sulfonamides is 1. The molecular formula is C27H23F2N5O3S. The summed E-state index contributed by atoms with van der Waals surface area (Å²) in [5.74, 6) is -3.44. The van der Waals surface area contributed by atoms with Crippen LogP contribution in [0.4, 0.5) is 14.7 Å². The van der Waals surface area contributed by atoms with Crippen LogP contribution in [-0.4, -0.2) is 52.5 Å². The molecule has 194 valence electrons. The van der Waals surface area contributed by atoms with E-state index in [9.17, 15) is 22.0 Å². The second-order valence-corrected chi connectivity index (χ2v) is 11.4. The van der Waals surface area contributed by atoms with Gasteiger partial charge in [0.25, 0.3) is 11.8 Å². The minimum Gasteiger partial charge on any atom is -0.368 e. The number of nitrogens with zero attached hydrogens (tertiary/aromatic N) is 4. The summed E-state index contributed by atoms with van der Waals surface area (Å²) in [5, 5.41) is 0.414. The highest BCUT2D eigenvalue weighted by Crippen LogP contribution is 2.36.